The van der Waals surface area contributed by atoms with Crippen LogP contribution in [-0.4, -0.2) is 22.8 Å². The van der Waals surface area contributed by atoms with Crippen LogP contribution in [0.15, 0.2) is 48.5 Å². The second-order valence-electron chi connectivity index (χ2n) is 6.40. The summed E-state index contributed by atoms with van der Waals surface area (Å²) in [5.41, 5.74) is 5.43. The van der Waals surface area contributed by atoms with Crippen LogP contribution >= 0.6 is 11.3 Å². The normalized spacial score (nSPS) is 10.7. The molecule has 0 aliphatic heterocycles. The van der Waals surface area contributed by atoms with Crippen molar-refractivity contribution in [2.24, 2.45) is 0 Å². The number of rotatable bonds is 4. The van der Waals surface area contributed by atoms with Crippen LogP contribution < -0.4 is 0 Å². The van der Waals surface area contributed by atoms with Crippen molar-refractivity contribution >= 4 is 17.2 Å². The molecule has 4 heteroatoms. The maximum Gasteiger partial charge on any atom is 0.265 e. The van der Waals surface area contributed by atoms with E-state index in [1.807, 2.05) is 44.3 Å². The zero-order valence-corrected chi connectivity index (χ0v) is 15.9. The Bertz CT molecular complexity index is 900. The van der Waals surface area contributed by atoms with Gasteiger partial charge in [0.15, 0.2) is 0 Å². The van der Waals surface area contributed by atoms with Gasteiger partial charge in [0, 0.05) is 19.2 Å². The van der Waals surface area contributed by atoms with Crippen LogP contribution in [-0.2, 0) is 6.54 Å². The second kappa shape index (κ2) is 7.19. The van der Waals surface area contributed by atoms with Gasteiger partial charge in [-0.3, -0.25) is 4.79 Å². The van der Waals surface area contributed by atoms with Gasteiger partial charge in [-0.25, -0.2) is 4.98 Å². The minimum Gasteiger partial charge on any atom is -0.337 e. The first kappa shape index (κ1) is 17.4. The summed E-state index contributed by atoms with van der Waals surface area (Å²) in [4.78, 5) is 20.0. The summed E-state index contributed by atoms with van der Waals surface area (Å²) in [6, 6.07) is 16.3. The number of aromatic nitrogens is 1. The largest absolute Gasteiger partial charge is 0.337 e. The van der Waals surface area contributed by atoms with Gasteiger partial charge in [0.2, 0.25) is 0 Å². The van der Waals surface area contributed by atoms with Crippen LogP contribution in [0.1, 0.15) is 32.1 Å². The molecule has 0 saturated carbocycles. The lowest BCUT2D eigenvalue weighted by molar-refractivity contribution is 0.0789. The fourth-order valence-electron chi connectivity index (χ4n) is 2.87. The van der Waals surface area contributed by atoms with Crippen molar-refractivity contribution < 1.29 is 4.79 Å². The summed E-state index contributed by atoms with van der Waals surface area (Å²) in [6.45, 7) is 6.67. The average Bonchev–Trinajstić information content (AvgIpc) is 2.96. The highest BCUT2D eigenvalue weighted by atomic mass is 32.1. The van der Waals surface area contributed by atoms with Crippen LogP contribution in [0.4, 0.5) is 0 Å². The quantitative estimate of drug-likeness (QED) is 0.663. The smallest absolute Gasteiger partial charge is 0.265 e. The van der Waals surface area contributed by atoms with Crippen molar-refractivity contribution in [2.45, 2.75) is 27.3 Å². The van der Waals surface area contributed by atoms with Crippen LogP contribution in [0, 0.1) is 20.8 Å². The van der Waals surface area contributed by atoms with Gasteiger partial charge >= 0.3 is 0 Å². The number of thiazole rings is 1. The Morgan fingerprint density at radius 1 is 1.08 bits per heavy atom. The topological polar surface area (TPSA) is 33.2 Å². The summed E-state index contributed by atoms with van der Waals surface area (Å²) in [5, 5.41) is 0.909. The van der Waals surface area contributed by atoms with E-state index in [4.69, 9.17) is 0 Å². The maximum atomic E-state index is 12.8. The van der Waals surface area contributed by atoms with E-state index in [0.717, 1.165) is 21.8 Å². The molecule has 0 bridgehead atoms. The Hall–Kier alpha value is -2.46. The lowest BCUT2D eigenvalue weighted by Crippen LogP contribution is -2.26. The van der Waals surface area contributed by atoms with Gasteiger partial charge in [0.1, 0.15) is 9.88 Å². The maximum absolute atomic E-state index is 12.8. The number of amides is 1. The van der Waals surface area contributed by atoms with Crippen molar-refractivity contribution in [2.75, 3.05) is 7.05 Å². The number of hydrogen-bond donors (Lipinski definition) is 0. The highest BCUT2D eigenvalue weighted by molar-refractivity contribution is 7.17. The van der Waals surface area contributed by atoms with E-state index in [1.54, 1.807) is 4.90 Å². The molecule has 2 aromatic carbocycles. The molecule has 0 saturated heterocycles. The fourth-order valence-corrected chi connectivity index (χ4v) is 4.02. The fraction of sp³-hybridized carbons (Fsp3) is 0.238. The third-order valence-corrected chi connectivity index (χ3v) is 5.39. The van der Waals surface area contributed by atoms with Crippen molar-refractivity contribution in [3.63, 3.8) is 0 Å². The molecule has 3 aromatic rings. The Morgan fingerprint density at radius 3 is 2.48 bits per heavy atom. The Kier molecular flexibility index (Phi) is 5.00. The van der Waals surface area contributed by atoms with Gasteiger partial charge < -0.3 is 4.90 Å². The van der Waals surface area contributed by atoms with E-state index >= 15 is 0 Å². The summed E-state index contributed by atoms with van der Waals surface area (Å²) in [6.07, 6.45) is 0. The first-order valence-corrected chi connectivity index (χ1v) is 9.12. The van der Waals surface area contributed by atoms with Crippen LogP contribution in [0.25, 0.3) is 10.6 Å². The van der Waals surface area contributed by atoms with Gasteiger partial charge in [-0.1, -0.05) is 54.1 Å². The summed E-state index contributed by atoms with van der Waals surface area (Å²) in [5.74, 6) is 0.0230. The summed E-state index contributed by atoms with van der Waals surface area (Å²) < 4.78 is 0. The molecule has 0 aliphatic carbocycles. The molecule has 0 N–H and O–H groups in total. The molecule has 25 heavy (non-hydrogen) atoms. The van der Waals surface area contributed by atoms with Gasteiger partial charge in [-0.05, 0) is 31.9 Å². The molecule has 0 radical (unpaired) electrons. The number of benzene rings is 2. The SMILES string of the molecule is Cc1ccc(-c2nc(C)c(C(=O)N(C)Cc3ccccc3)s2)c(C)c1. The average molecular weight is 350 g/mol. The van der Waals surface area contributed by atoms with E-state index in [1.165, 1.54) is 22.5 Å². The molecule has 1 heterocycles. The van der Waals surface area contributed by atoms with Gasteiger partial charge in [0.25, 0.3) is 5.91 Å². The van der Waals surface area contributed by atoms with E-state index in [2.05, 4.69) is 37.0 Å². The molecule has 1 amide bonds. The van der Waals surface area contributed by atoms with Crippen molar-refractivity contribution in [1.82, 2.24) is 9.88 Å². The standard InChI is InChI=1S/C21H22N2OS/c1-14-10-11-18(15(2)12-14)20-22-16(3)19(25-20)21(24)23(4)13-17-8-6-5-7-9-17/h5-12H,13H2,1-4H3. The van der Waals surface area contributed by atoms with Crippen molar-refractivity contribution in [3.8, 4) is 10.6 Å². The molecule has 0 spiro atoms. The zero-order valence-electron chi connectivity index (χ0n) is 15.0. The first-order valence-electron chi connectivity index (χ1n) is 8.30. The van der Waals surface area contributed by atoms with Gasteiger partial charge in [-0.2, -0.15) is 0 Å². The van der Waals surface area contributed by atoms with E-state index < -0.39 is 0 Å². The predicted octanol–water partition coefficient (Wildman–Crippen LogP) is 5.01. The highest BCUT2D eigenvalue weighted by Crippen LogP contribution is 2.31. The monoisotopic (exact) mass is 350 g/mol. The lowest BCUT2D eigenvalue weighted by Gasteiger charge is -2.16. The Morgan fingerprint density at radius 2 is 1.80 bits per heavy atom. The minimum absolute atomic E-state index is 0.0230. The van der Waals surface area contributed by atoms with E-state index in [-0.39, 0.29) is 5.91 Å². The van der Waals surface area contributed by atoms with E-state index in [0.29, 0.717) is 11.4 Å². The molecular formula is C21H22N2OS. The van der Waals surface area contributed by atoms with Gasteiger partial charge in [-0.15, -0.1) is 11.3 Å². The minimum atomic E-state index is 0.0230. The number of carbonyl (C=O) groups excluding carboxylic acids is 1. The third-order valence-electron chi connectivity index (χ3n) is 4.21. The number of aryl methyl sites for hydroxylation is 3. The van der Waals surface area contributed by atoms with Crippen molar-refractivity contribution in [1.29, 1.82) is 0 Å². The molecule has 128 valence electrons. The summed E-state index contributed by atoms with van der Waals surface area (Å²) in [7, 11) is 1.84. The zero-order chi connectivity index (χ0) is 18.0. The highest BCUT2D eigenvalue weighted by Gasteiger charge is 2.20. The second-order valence-corrected chi connectivity index (χ2v) is 7.40. The summed E-state index contributed by atoms with van der Waals surface area (Å²) >= 11 is 1.48. The lowest BCUT2D eigenvalue weighted by atomic mass is 10.1. The van der Waals surface area contributed by atoms with Crippen molar-refractivity contribution in [3.05, 3.63) is 75.8 Å². The molecule has 0 unspecified atom stereocenters. The molecule has 0 aliphatic rings. The Labute approximate surface area is 153 Å². The van der Waals surface area contributed by atoms with Crippen LogP contribution in [0.3, 0.4) is 0 Å². The number of nitrogens with zero attached hydrogens (tertiary/aromatic N) is 2. The van der Waals surface area contributed by atoms with Gasteiger partial charge in [0.05, 0.1) is 5.69 Å². The molecule has 3 rings (SSSR count). The molecule has 3 nitrogen and oxygen atoms in total. The molecular weight excluding hydrogens is 328 g/mol. The third kappa shape index (κ3) is 3.80. The van der Waals surface area contributed by atoms with Crippen LogP contribution in [0.5, 0.6) is 0 Å². The number of carbonyl (C=O) groups is 1. The first-order chi connectivity index (χ1) is 12.0. The van der Waals surface area contributed by atoms with Crippen LogP contribution in [0.2, 0.25) is 0 Å². The Balaban J connectivity index is 1.85. The van der Waals surface area contributed by atoms with E-state index in [9.17, 15) is 4.79 Å². The predicted molar refractivity (Wildman–Crippen MR) is 104 cm³/mol. The molecule has 0 fully saturated rings. The molecule has 0 atom stereocenters. The molecule has 1 aromatic heterocycles. The number of hydrogen-bond acceptors (Lipinski definition) is 3.